The second kappa shape index (κ2) is 8.56. The highest BCUT2D eigenvalue weighted by Gasteiger charge is 2.26. The third-order valence-corrected chi connectivity index (χ3v) is 4.85. The average Bonchev–Trinajstić information content (AvgIpc) is 3.04. The fourth-order valence-electron chi connectivity index (χ4n) is 2.63. The normalized spacial score (nSPS) is 17.5. The molecule has 0 radical (unpaired) electrons. The standard InChI is InChI=1S/C18H30N4O2S/c1-14(12-15-6-5-11-25-15)13-20-16(19)21-7-9-22(10-8-21)17(23)24-18(2,3)4/h5-6,11,14H,7-10,12-13H2,1-4H3,(H2,19,20). The van der Waals surface area contributed by atoms with E-state index in [1.165, 1.54) is 4.88 Å². The zero-order chi connectivity index (χ0) is 18.4. The van der Waals surface area contributed by atoms with Crippen molar-refractivity contribution in [2.75, 3.05) is 32.7 Å². The Kier molecular flexibility index (Phi) is 6.70. The minimum Gasteiger partial charge on any atom is -0.444 e. The van der Waals surface area contributed by atoms with E-state index in [0.717, 1.165) is 13.0 Å². The van der Waals surface area contributed by atoms with Crippen LogP contribution in [0, 0.1) is 5.92 Å². The molecule has 1 unspecified atom stereocenters. The van der Waals surface area contributed by atoms with Crippen LogP contribution in [0.15, 0.2) is 22.5 Å². The van der Waals surface area contributed by atoms with Gasteiger partial charge in [0, 0.05) is 37.6 Å². The summed E-state index contributed by atoms with van der Waals surface area (Å²) in [5, 5.41) is 2.10. The molecule has 0 bridgehead atoms. The molecule has 1 saturated heterocycles. The lowest BCUT2D eigenvalue weighted by molar-refractivity contribution is 0.0186. The van der Waals surface area contributed by atoms with Gasteiger partial charge in [0.2, 0.25) is 0 Å². The maximum Gasteiger partial charge on any atom is 0.410 e. The van der Waals surface area contributed by atoms with Crippen molar-refractivity contribution in [1.82, 2.24) is 9.80 Å². The van der Waals surface area contributed by atoms with Crippen LogP contribution in [0.2, 0.25) is 0 Å². The Labute approximate surface area is 154 Å². The summed E-state index contributed by atoms with van der Waals surface area (Å²) in [6.07, 6.45) is 0.771. The molecule has 1 atom stereocenters. The summed E-state index contributed by atoms with van der Waals surface area (Å²) in [6, 6.07) is 4.23. The molecule has 1 amide bonds. The van der Waals surface area contributed by atoms with Crippen LogP contribution in [-0.2, 0) is 11.2 Å². The van der Waals surface area contributed by atoms with Crippen molar-refractivity contribution >= 4 is 23.4 Å². The first-order chi connectivity index (χ1) is 11.7. The number of amides is 1. The van der Waals surface area contributed by atoms with Crippen LogP contribution >= 0.6 is 11.3 Å². The lowest BCUT2D eigenvalue weighted by atomic mass is 10.1. The number of piperazine rings is 1. The highest BCUT2D eigenvalue weighted by atomic mass is 32.1. The van der Waals surface area contributed by atoms with E-state index in [-0.39, 0.29) is 6.09 Å². The molecule has 1 aromatic rings. The first-order valence-corrected chi connectivity index (χ1v) is 9.68. The zero-order valence-corrected chi connectivity index (χ0v) is 16.5. The van der Waals surface area contributed by atoms with Gasteiger partial charge in [-0.2, -0.15) is 0 Å². The summed E-state index contributed by atoms with van der Waals surface area (Å²) in [4.78, 5) is 21.8. The van der Waals surface area contributed by atoms with Crippen molar-refractivity contribution in [3.8, 4) is 0 Å². The van der Waals surface area contributed by atoms with E-state index in [1.54, 1.807) is 16.2 Å². The number of hydrogen-bond donors (Lipinski definition) is 1. The topological polar surface area (TPSA) is 71.2 Å². The monoisotopic (exact) mass is 366 g/mol. The van der Waals surface area contributed by atoms with Gasteiger partial charge in [0.25, 0.3) is 0 Å². The molecule has 140 valence electrons. The van der Waals surface area contributed by atoms with E-state index < -0.39 is 5.60 Å². The van der Waals surface area contributed by atoms with E-state index >= 15 is 0 Å². The minimum atomic E-state index is -0.465. The van der Waals surface area contributed by atoms with Crippen LogP contribution in [0.1, 0.15) is 32.6 Å². The SMILES string of the molecule is CC(CN=C(N)N1CCN(C(=O)OC(C)(C)C)CC1)Cc1cccs1. The van der Waals surface area contributed by atoms with Crippen molar-refractivity contribution in [1.29, 1.82) is 0 Å². The van der Waals surface area contributed by atoms with Crippen molar-refractivity contribution in [3.05, 3.63) is 22.4 Å². The molecule has 1 aliphatic rings. The van der Waals surface area contributed by atoms with Crippen LogP contribution < -0.4 is 5.73 Å². The number of nitrogens with two attached hydrogens (primary N) is 1. The molecule has 25 heavy (non-hydrogen) atoms. The Morgan fingerprint density at radius 2 is 1.96 bits per heavy atom. The van der Waals surface area contributed by atoms with Gasteiger partial charge < -0.3 is 20.3 Å². The van der Waals surface area contributed by atoms with Crippen LogP contribution in [0.25, 0.3) is 0 Å². The maximum absolute atomic E-state index is 12.1. The molecule has 7 heteroatoms. The van der Waals surface area contributed by atoms with Gasteiger partial charge in [-0.25, -0.2) is 4.79 Å². The summed E-state index contributed by atoms with van der Waals surface area (Å²) in [7, 11) is 0. The van der Waals surface area contributed by atoms with Gasteiger partial charge in [-0.3, -0.25) is 4.99 Å². The Morgan fingerprint density at radius 1 is 1.32 bits per heavy atom. The van der Waals surface area contributed by atoms with E-state index in [4.69, 9.17) is 10.5 Å². The molecule has 2 rings (SSSR count). The number of aliphatic imine (C=N–C) groups is 1. The van der Waals surface area contributed by atoms with Crippen molar-refractivity contribution < 1.29 is 9.53 Å². The Balaban J connectivity index is 1.76. The zero-order valence-electron chi connectivity index (χ0n) is 15.7. The number of carbonyl (C=O) groups excluding carboxylic acids is 1. The van der Waals surface area contributed by atoms with Gasteiger partial charge >= 0.3 is 6.09 Å². The van der Waals surface area contributed by atoms with Gasteiger partial charge in [-0.15, -0.1) is 11.3 Å². The predicted molar refractivity (Wildman–Crippen MR) is 103 cm³/mol. The lowest BCUT2D eigenvalue weighted by Crippen LogP contribution is -2.53. The molecule has 2 heterocycles. The summed E-state index contributed by atoms with van der Waals surface area (Å²) in [6.45, 7) is 11.1. The fraction of sp³-hybridized carbons (Fsp3) is 0.667. The highest BCUT2D eigenvalue weighted by Crippen LogP contribution is 2.15. The second-order valence-corrected chi connectivity index (χ2v) is 8.57. The number of carbonyl (C=O) groups is 1. The average molecular weight is 367 g/mol. The van der Waals surface area contributed by atoms with Gasteiger partial charge in [0.1, 0.15) is 5.60 Å². The first-order valence-electron chi connectivity index (χ1n) is 8.80. The maximum atomic E-state index is 12.1. The fourth-order valence-corrected chi connectivity index (χ4v) is 3.50. The van der Waals surface area contributed by atoms with Crippen molar-refractivity contribution in [3.63, 3.8) is 0 Å². The quantitative estimate of drug-likeness (QED) is 0.657. The van der Waals surface area contributed by atoms with Crippen molar-refractivity contribution in [2.24, 2.45) is 16.6 Å². The molecule has 0 aromatic carbocycles. The number of guanidine groups is 1. The summed E-state index contributed by atoms with van der Waals surface area (Å²) >= 11 is 1.78. The van der Waals surface area contributed by atoms with Gasteiger partial charge in [0.15, 0.2) is 5.96 Å². The number of hydrogen-bond acceptors (Lipinski definition) is 4. The Morgan fingerprint density at radius 3 is 2.52 bits per heavy atom. The number of thiophene rings is 1. The summed E-state index contributed by atoms with van der Waals surface area (Å²) < 4.78 is 5.41. The molecule has 6 nitrogen and oxygen atoms in total. The molecule has 2 N–H and O–H groups in total. The van der Waals surface area contributed by atoms with Gasteiger partial charge in [-0.05, 0) is 44.6 Å². The smallest absolute Gasteiger partial charge is 0.410 e. The third-order valence-electron chi connectivity index (χ3n) is 3.95. The number of ether oxygens (including phenoxy) is 1. The molecule has 1 fully saturated rings. The van der Waals surface area contributed by atoms with E-state index in [9.17, 15) is 4.79 Å². The third kappa shape index (κ3) is 6.57. The lowest BCUT2D eigenvalue weighted by Gasteiger charge is -2.36. The number of rotatable bonds is 4. The van der Waals surface area contributed by atoms with Crippen LogP contribution in [0.5, 0.6) is 0 Å². The first kappa shape index (κ1) is 19.6. The highest BCUT2D eigenvalue weighted by molar-refractivity contribution is 7.09. The summed E-state index contributed by atoms with van der Waals surface area (Å²) in [5.74, 6) is 1.03. The second-order valence-electron chi connectivity index (χ2n) is 7.54. The molecular formula is C18H30N4O2S. The van der Waals surface area contributed by atoms with E-state index in [0.29, 0.717) is 38.1 Å². The Hall–Kier alpha value is -1.76. The van der Waals surface area contributed by atoms with Gasteiger partial charge in [0.05, 0.1) is 0 Å². The van der Waals surface area contributed by atoms with Gasteiger partial charge in [-0.1, -0.05) is 13.0 Å². The molecule has 1 aromatic heterocycles. The molecule has 0 aliphatic carbocycles. The molecule has 0 spiro atoms. The predicted octanol–water partition coefficient (Wildman–Crippen LogP) is 2.79. The largest absolute Gasteiger partial charge is 0.444 e. The Bertz CT molecular complexity index is 572. The molecule has 0 saturated carbocycles. The molecular weight excluding hydrogens is 336 g/mol. The van der Waals surface area contributed by atoms with Crippen LogP contribution in [0.3, 0.4) is 0 Å². The summed E-state index contributed by atoms with van der Waals surface area (Å²) in [5.41, 5.74) is 5.67. The molecule has 1 aliphatic heterocycles. The number of nitrogens with zero attached hydrogens (tertiary/aromatic N) is 3. The van der Waals surface area contributed by atoms with Crippen LogP contribution in [-0.4, -0.2) is 60.2 Å². The van der Waals surface area contributed by atoms with Crippen molar-refractivity contribution in [2.45, 2.75) is 39.7 Å². The van der Waals surface area contributed by atoms with E-state index in [1.807, 2.05) is 25.7 Å². The minimum absolute atomic E-state index is 0.257. The van der Waals surface area contributed by atoms with Crippen LogP contribution in [0.4, 0.5) is 4.79 Å². The van der Waals surface area contributed by atoms with E-state index in [2.05, 4.69) is 29.4 Å².